The van der Waals surface area contributed by atoms with Crippen molar-refractivity contribution in [3.63, 3.8) is 0 Å². The zero-order chi connectivity index (χ0) is 30.8. The van der Waals surface area contributed by atoms with Gasteiger partial charge in [0.15, 0.2) is 0 Å². The maximum absolute atomic E-state index is 13.9. The molecule has 0 spiro atoms. The van der Waals surface area contributed by atoms with Crippen LogP contribution in [0, 0.1) is 13.8 Å². The molecule has 3 N–H and O–H groups in total. The number of carboxylic acids is 1. The topological polar surface area (TPSA) is 178 Å². The van der Waals surface area contributed by atoms with Crippen molar-refractivity contribution in [2.24, 2.45) is 0 Å². The molecule has 1 aromatic heterocycles. The Hall–Kier alpha value is -3.81. The smallest absolute Gasteiger partial charge is 0.478 e. The van der Waals surface area contributed by atoms with Gasteiger partial charge in [-0.15, -0.1) is 0 Å². The highest BCUT2D eigenvalue weighted by Crippen LogP contribution is 2.43. The average Bonchev–Trinajstić information content (AvgIpc) is 2.91. The molecule has 0 aliphatic carbocycles. The van der Waals surface area contributed by atoms with Crippen LogP contribution in [0.15, 0.2) is 54.6 Å². The quantitative estimate of drug-likeness (QED) is 0.0324. The highest BCUT2D eigenvalue weighted by Gasteiger charge is 2.28. The number of esters is 1. The molecule has 218 valence electrons. The minimum atomic E-state index is -4.66. The van der Waals surface area contributed by atoms with Gasteiger partial charge >= 0.3 is 27.8 Å². The first-order chi connectivity index (χ1) is 19.7. The molecule has 3 aromatic carbocycles. The van der Waals surface area contributed by atoms with E-state index in [1.165, 1.54) is 24.3 Å². The van der Waals surface area contributed by atoms with Crippen molar-refractivity contribution in [1.29, 1.82) is 0 Å². The molecule has 4 aromatic rings. The normalized spacial score (nSPS) is 13.1. The van der Waals surface area contributed by atoms with Gasteiger partial charge in [-0.1, -0.05) is 12.1 Å². The van der Waals surface area contributed by atoms with E-state index in [1.54, 1.807) is 44.2 Å². The lowest BCUT2D eigenvalue weighted by molar-refractivity contribution is -0.645. The number of hydrogen-bond donors (Lipinski definition) is 3. The van der Waals surface area contributed by atoms with Gasteiger partial charge in [-0.25, -0.2) is 14.2 Å². The molecule has 0 saturated carbocycles. The number of benzene rings is 3. The number of carbonyl (C=O) groups is 2. The second-order valence-corrected chi connectivity index (χ2v) is 12.4. The summed E-state index contributed by atoms with van der Waals surface area (Å²) in [5, 5.41) is 10.1. The van der Waals surface area contributed by atoms with Gasteiger partial charge in [0.2, 0.25) is 11.0 Å². The molecule has 15 heteroatoms. The molecule has 0 amide bonds. The van der Waals surface area contributed by atoms with Gasteiger partial charge in [-0.05, 0) is 61.7 Å². The van der Waals surface area contributed by atoms with Crippen LogP contribution in [-0.2, 0) is 25.7 Å². The zero-order valence-electron chi connectivity index (χ0n) is 22.5. The number of aromatic carboxylic acids is 1. The van der Waals surface area contributed by atoms with Crippen molar-refractivity contribution >= 4 is 59.7 Å². The van der Waals surface area contributed by atoms with E-state index in [4.69, 9.17) is 21.9 Å². The number of phosphoric ester groups is 1. The minimum Gasteiger partial charge on any atom is -0.478 e. The monoisotopic (exact) mass is 614 g/mol. The summed E-state index contributed by atoms with van der Waals surface area (Å²) in [6.45, 7) is 3.52. The van der Waals surface area contributed by atoms with Gasteiger partial charge in [0.05, 0.1) is 27.7 Å². The second kappa shape index (κ2) is 12.2. The molecule has 0 bridgehead atoms. The summed E-state index contributed by atoms with van der Waals surface area (Å²) in [7, 11) is -3.94. The molecular weight excluding hydrogens is 588 g/mol. The molecule has 42 heavy (non-hydrogen) atoms. The summed E-state index contributed by atoms with van der Waals surface area (Å²) < 4.78 is 60.3. The SMILES string of the molecule is [B]OP(=O)(O)Oc1ccc2c(c1)c(C(=O)Oc1c(C)cc(C(=O)O)cc1C)c1ccccc1[n+]2CCCCS(=O)(=O)O. The van der Waals surface area contributed by atoms with Gasteiger partial charge in [0.1, 0.15) is 18.0 Å². The third-order valence-electron chi connectivity index (χ3n) is 6.49. The Labute approximate surface area is 242 Å². The Balaban J connectivity index is 1.90. The number of aryl methyl sites for hydroxylation is 3. The largest absolute Gasteiger partial charge is 0.511 e. The molecule has 1 unspecified atom stereocenters. The molecule has 2 radical (unpaired) electrons. The Kier molecular flexibility index (Phi) is 9.05. The van der Waals surface area contributed by atoms with Crippen molar-refractivity contribution in [2.75, 3.05) is 5.75 Å². The van der Waals surface area contributed by atoms with Crippen LogP contribution < -0.4 is 13.8 Å². The molecule has 4 rings (SSSR count). The summed E-state index contributed by atoms with van der Waals surface area (Å²) in [6.07, 6.45) is 0.520. The lowest BCUT2D eigenvalue weighted by atomic mass is 10.0. The van der Waals surface area contributed by atoms with Crippen molar-refractivity contribution in [1.82, 2.24) is 0 Å². The number of unbranched alkanes of at least 4 members (excludes halogenated alkanes) is 1. The van der Waals surface area contributed by atoms with Crippen LogP contribution in [0.4, 0.5) is 0 Å². The van der Waals surface area contributed by atoms with Crippen molar-refractivity contribution < 1.29 is 55.4 Å². The highest BCUT2D eigenvalue weighted by atomic mass is 32.2. The molecule has 0 fully saturated rings. The number of carbonyl (C=O) groups excluding carboxylic acids is 1. The predicted octanol–water partition coefficient (Wildman–Crippen LogP) is 4.06. The molecule has 0 aliphatic rings. The van der Waals surface area contributed by atoms with Crippen LogP contribution in [-0.4, -0.2) is 48.7 Å². The standard InChI is InChI=1S/C27H25BNO11PS/c1-16-13-18(26(30)31)14-17(2)25(16)38-27(32)24-20-7-3-4-8-22(20)29(11-5-6-12-42(35,36)37)23-10-9-19(15-21(23)24)39-41(33,34)40-28/h3-4,7-10,13-15H,5-6,11-12H2,1-2H3,(H2-,30,31,33,34,35,36,37)/p+1. The van der Waals surface area contributed by atoms with E-state index < -0.39 is 35.6 Å². The Bertz CT molecular complexity index is 1850. The minimum absolute atomic E-state index is 0.0350. The van der Waals surface area contributed by atoms with Gasteiger partial charge in [-0.3, -0.25) is 9.45 Å². The van der Waals surface area contributed by atoms with E-state index >= 15 is 0 Å². The summed E-state index contributed by atoms with van der Waals surface area (Å²) in [6, 6.07) is 14.0. The van der Waals surface area contributed by atoms with Crippen LogP contribution in [0.2, 0.25) is 0 Å². The Morgan fingerprint density at radius 2 is 1.62 bits per heavy atom. The number of hydrogen-bond acceptors (Lipinski definition) is 8. The molecular formula is C27H26BNO11PS+. The number of para-hydroxylation sites is 1. The third-order valence-corrected chi connectivity index (χ3v) is 8.00. The van der Waals surface area contributed by atoms with Crippen LogP contribution >= 0.6 is 7.82 Å². The number of pyridine rings is 1. The number of rotatable bonds is 11. The Morgan fingerprint density at radius 3 is 2.24 bits per heavy atom. The number of ether oxygens (including phenoxy) is 1. The van der Waals surface area contributed by atoms with Crippen LogP contribution in [0.1, 0.15) is 44.7 Å². The van der Waals surface area contributed by atoms with Crippen LogP contribution in [0.3, 0.4) is 0 Å². The molecule has 12 nitrogen and oxygen atoms in total. The first-order valence-electron chi connectivity index (χ1n) is 12.5. The lowest BCUT2D eigenvalue weighted by Crippen LogP contribution is -2.37. The van der Waals surface area contributed by atoms with E-state index in [1.807, 2.05) is 4.57 Å². The summed E-state index contributed by atoms with van der Waals surface area (Å²) in [5.41, 5.74) is 2.05. The fourth-order valence-electron chi connectivity index (χ4n) is 4.75. The summed E-state index contributed by atoms with van der Waals surface area (Å²) >= 11 is 0. The van der Waals surface area contributed by atoms with E-state index in [0.717, 1.165) is 0 Å². The number of aromatic nitrogens is 1. The molecule has 0 aliphatic heterocycles. The number of phosphoric acid groups is 1. The Morgan fingerprint density at radius 1 is 0.976 bits per heavy atom. The maximum Gasteiger partial charge on any atom is 0.511 e. The lowest BCUT2D eigenvalue weighted by Gasteiger charge is -2.16. The highest BCUT2D eigenvalue weighted by molar-refractivity contribution is 7.85. The van der Waals surface area contributed by atoms with Crippen LogP contribution in [0.25, 0.3) is 21.8 Å². The van der Waals surface area contributed by atoms with Gasteiger partial charge in [0, 0.05) is 18.6 Å². The van der Waals surface area contributed by atoms with Gasteiger partial charge in [0.25, 0.3) is 10.1 Å². The summed E-state index contributed by atoms with van der Waals surface area (Å²) in [4.78, 5) is 35.1. The zero-order valence-corrected chi connectivity index (χ0v) is 24.2. The number of nitrogens with zero attached hydrogens (tertiary/aromatic N) is 1. The third kappa shape index (κ3) is 6.97. The van der Waals surface area contributed by atoms with Crippen molar-refractivity contribution in [3.8, 4) is 11.5 Å². The maximum atomic E-state index is 13.9. The van der Waals surface area contributed by atoms with E-state index in [2.05, 4.69) is 4.44 Å². The molecule has 1 atom stereocenters. The first-order valence-corrected chi connectivity index (χ1v) is 15.6. The number of fused-ring (bicyclic) bond motifs is 2. The van der Waals surface area contributed by atoms with E-state index in [0.29, 0.717) is 40.5 Å². The van der Waals surface area contributed by atoms with E-state index in [9.17, 15) is 32.6 Å². The van der Waals surface area contributed by atoms with Gasteiger partial charge in [-0.2, -0.15) is 13.0 Å². The second-order valence-electron chi connectivity index (χ2n) is 9.51. The van der Waals surface area contributed by atoms with E-state index in [-0.39, 0.29) is 34.4 Å². The molecule has 1 heterocycles. The fraction of sp³-hybridized carbons (Fsp3) is 0.222. The average molecular weight is 614 g/mol. The number of carboxylic acid groups (broad SMARTS) is 1. The predicted molar refractivity (Wildman–Crippen MR) is 152 cm³/mol. The summed E-state index contributed by atoms with van der Waals surface area (Å²) in [5.74, 6) is -2.30. The van der Waals surface area contributed by atoms with Crippen molar-refractivity contribution in [3.05, 3.63) is 76.9 Å². The van der Waals surface area contributed by atoms with Gasteiger partial charge < -0.3 is 18.8 Å². The molecule has 0 saturated heterocycles. The fourth-order valence-corrected chi connectivity index (χ4v) is 5.74. The van der Waals surface area contributed by atoms with Crippen LogP contribution in [0.5, 0.6) is 11.5 Å². The van der Waals surface area contributed by atoms with Crippen molar-refractivity contribution in [2.45, 2.75) is 33.2 Å². The first kappa shape index (κ1) is 31.1.